The highest BCUT2D eigenvalue weighted by molar-refractivity contribution is 9.10. The van der Waals surface area contributed by atoms with Gasteiger partial charge < -0.3 is 10.6 Å². The average molecular weight is 324 g/mol. The van der Waals surface area contributed by atoms with Gasteiger partial charge in [-0.1, -0.05) is 6.07 Å². The smallest absolute Gasteiger partial charge is 0.0749 e. The summed E-state index contributed by atoms with van der Waals surface area (Å²) >= 11 is 3.52. The van der Waals surface area contributed by atoms with Crippen molar-refractivity contribution in [2.24, 2.45) is 5.73 Å². The fourth-order valence-corrected chi connectivity index (χ4v) is 2.41. The van der Waals surface area contributed by atoms with E-state index in [-0.39, 0.29) is 6.04 Å². The largest absolute Gasteiger partial charge is 0.319 e. The van der Waals surface area contributed by atoms with Gasteiger partial charge in [-0.2, -0.15) is 5.10 Å². The summed E-state index contributed by atoms with van der Waals surface area (Å²) in [6, 6.07) is 3.64. The molecular formula is C13H18BrN5. The van der Waals surface area contributed by atoms with Gasteiger partial charge >= 0.3 is 0 Å². The molecule has 19 heavy (non-hydrogen) atoms. The van der Waals surface area contributed by atoms with Crippen molar-refractivity contribution >= 4 is 15.9 Å². The van der Waals surface area contributed by atoms with E-state index < -0.39 is 0 Å². The maximum Gasteiger partial charge on any atom is 0.0749 e. The lowest BCUT2D eigenvalue weighted by atomic mass is 10.1. The molecule has 0 saturated carbocycles. The number of hydrogen-bond donors (Lipinski definition) is 1. The first-order chi connectivity index (χ1) is 9.09. The molecule has 0 fully saturated rings. The van der Waals surface area contributed by atoms with E-state index in [1.165, 1.54) is 0 Å². The predicted molar refractivity (Wildman–Crippen MR) is 78.7 cm³/mol. The zero-order valence-corrected chi connectivity index (χ0v) is 12.7. The first kappa shape index (κ1) is 14.2. The highest BCUT2D eigenvalue weighted by Crippen LogP contribution is 2.26. The molecule has 6 heteroatoms. The molecule has 102 valence electrons. The van der Waals surface area contributed by atoms with Crippen LogP contribution in [0.3, 0.4) is 0 Å². The topological polar surface area (TPSA) is 60.0 Å². The molecule has 0 amide bonds. The SMILES string of the molecule is CN(C)CCn1ncc(Br)c1C(N)c1cccnc1. The minimum atomic E-state index is -0.229. The molecule has 2 heterocycles. The lowest BCUT2D eigenvalue weighted by Crippen LogP contribution is -2.23. The Balaban J connectivity index is 2.26. The first-order valence-electron chi connectivity index (χ1n) is 6.11. The Labute approximate surface area is 121 Å². The maximum absolute atomic E-state index is 6.32. The molecule has 0 saturated heterocycles. The van der Waals surface area contributed by atoms with Crippen molar-refractivity contribution in [3.05, 3.63) is 46.5 Å². The van der Waals surface area contributed by atoms with E-state index in [1.54, 1.807) is 18.6 Å². The molecular weight excluding hydrogens is 306 g/mol. The second kappa shape index (κ2) is 6.27. The van der Waals surface area contributed by atoms with Gasteiger partial charge in [-0.25, -0.2) is 0 Å². The molecule has 0 aromatic carbocycles. The molecule has 2 aromatic rings. The van der Waals surface area contributed by atoms with Crippen LogP contribution in [0.25, 0.3) is 0 Å². The van der Waals surface area contributed by atoms with Crippen LogP contribution >= 0.6 is 15.9 Å². The number of halogens is 1. The van der Waals surface area contributed by atoms with Gasteiger partial charge in [0, 0.05) is 18.9 Å². The lowest BCUT2D eigenvalue weighted by molar-refractivity contribution is 0.368. The molecule has 1 atom stereocenters. The Morgan fingerprint density at radius 2 is 2.21 bits per heavy atom. The Bertz CT molecular complexity index is 523. The molecule has 0 spiro atoms. The molecule has 2 rings (SSSR count). The molecule has 0 bridgehead atoms. The van der Waals surface area contributed by atoms with E-state index in [4.69, 9.17) is 5.73 Å². The molecule has 0 aliphatic carbocycles. The fourth-order valence-electron chi connectivity index (χ4n) is 1.87. The van der Waals surface area contributed by atoms with Gasteiger partial charge in [0.05, 0.1) is 29.0 Å². The molecule has 0 radical (unpaired) electrons. The van der Waals surface area contributed by atoms with Crippen LogP contribution in [0.2, 0.25) is 0 Å². The number of nitrogens with two attached hydrogens (primary N) is 1. The third kappa shape index (κ3) is 3.40. The highest BCUT2D eigenvalue weighted by Gasteiger charge is 2.18. The number of pyridine rings is 1. The van der Waals surface area contributed by atoms with Crippen LogP contribution in [0, 0.1) is 0 Å². The summed E-state index contributed by atoms with van der Waals surface area (Å²) in [7, 11) is 4.08. The normalized spacial score (nSPS) is 12.9. The minimum absolute atomic E-state index is 0.229. The van der Waals surface area contributed by atoms with Gasteiger partial charge in [0.15, 0.2) is 0 Å². The van der Waals surface area contributed by atoms with E-state index in [0.717, 1.165) is 28.8 Å². The second-order valence-corrected chi connectivity index (χ2v) is 5.52. The summed E-state index contributed by atoms with van der Waals surface area (Å²) in [6.07, 6.45) is 5.33. The van der Waals surface area contributed by atoms with Gasteiger partial charge in [-0.05, 0) is 41.7 Å². The molecule has 1 unspecified atom stereocenters. The van der Waals surface area contributed by atoms with Crippen molar-refractivity contribution in [3.8, 4) is 0 Å². The predicted octanol–water partition coefficient (Wildman–Crippen LogP) is 1.65. The van der Waals surface area contributed by atoms with E-state index >= 15 is 0 Å². The Hall–Kier alpha value is -1.24. The molecule has 5 nitrogen and oxygen atoms in total. The van der Waals surface area contributed by atoms with Crippen LogP contribution in [0.5, 0.6) is 0 Å². The van der Waals surface area contributed by atoms with Crippen molar-refractivity contribution in [2.45, 2.75) is 12.6 Å². The van der Waals surface area contributed by atoms with E-state index in [0.29, 0.717) is 0 Å². The molecule has 0 aliphatic rings. The van der Waals surface area contributed by atoms with Crippen molar-refractivity contribution in [2.75, 3.05) is 20.6 Å². The summed E-state index contributed by atoms with van der Waals surface area (Å²) < 4.78 is 2.88. The Morgan fingerprint density at radius 1 is 1.42 bits per heavy atom. The highest BCUT2D eigenvalue weighted by atomic mass is 79.9. The summed E-state index contributed by atoms with van der Waals surface area (Å²) in [5.41, 5.74) is 8.29. The van der Waals surface area contributed by atoms with Crippen molar-refractivity contribution in [3.63, 3.8) is 0 Å². The number of hydrogen-bond acceptors (Lipinski definition) is 4. The third-order valence-electron chi connectivity index (χ3n) is 2.93. The van der Waals surface area contributed by atoms with Gasteiger partial charge in [0.2, 0.25) is 0 Å². The second-order valence-electron chi connectivity index (χ2n) is 4.67. The molecule has 2 N–H and O–H groups in total. The van der Waals surface area contributed by atoms with Gasteiger partial charge in [-0.3, -0.25) is 9.67 Å². The fraction of sp³-hybridized carbons (Fsp3) is 0.385. The zero-order valence-electron chi connectivity index (χ0n) is 11.1. The van der Waals surface area contributed by atoms with Crippen LogP contribution in [0.15, 0.2) is 35.2 Å². The van der Waals surface area contributed by atoms with E-state index in [9.17, 15) is 0 Å². The lowest BCUT2D eigenvalue weighted by Gasteiger charge is -2.17. The van der Waals surface area contributed by atoms with E-state index in [1.807, 2.05) is 30.9 Å². The van der Waals surface area contributed by atoms with Crippen LogP contribution < -0.4 is 5.73 Å². The Morgan fingerprint density at radius 3 is 2.84 bits per heavy atom. The summed E-state index contributed by atoms with van der Waals surface area (Å²) in [5, 5.41) is 4.38. The van der Waals surface area contributed by atoms with E-state index in [2.05, 4.69) is 30.9 Å². The van der Waals surface area contributed by atoms with Gasteiger partial charge in [-0.15, -0.1) is 0 Å². The summed E-state index contributed by atoms with van der Waals surface area (Å²) in [5.74, 6) is 0. The number of likely N-dealkylation sites (N-methyl/N-ethyl adjacent to an activating group) is 1. The van der Waals surface area contributed by atoms with Crippen LogP contribution in [-0.2, 0) is 6.54 Å². The van der Waals surface area contributed by atoms with Crippen molar-refractivity contribution in [1.82, 2.24) is 19.7 Å². The van der Waals surface area contributed by atoms with Gasteiger partial charge in [0.1, 0.15) is 0 Å². The number of rotatable bonds is 5. The number of aromatic nitrogens is 3. The third-order valence-corrected chi connectivity index (χ3v) is 3.54. The minimum Gasteiger partial charge on any atom is -0.319 e. The summed E-state index contributed by atoms with van der Waals surface area (Å²) in [4.78, 5) is 6.24. The van der Waals surface area contributed by atoms with Crippen LogP contribution in [0.1, 0.15) is 17.3 Å². The first-order valence-corrected chi connectivity index (χ1v) is 6.90. The Kier molecular flexibility index (Phi) is 4.68. The maximum atomic E-state index is 6.32. The van der Waals surface area contributed by atoms with Gasteiger partial charge in [0.25, 0.3) is 0 Å². The van der Waals surface area contributed by atoms with Crippen molar-refractivity contribution < 1.29 is 0 Å². The van der Waals surface area contributed by atoms with Crippen molar-refractivity contribution in [1.29, 1.82) is 0 Å². The standard InChI is InChI=1S/C13H18BrN5/c1-18(2)6-7-19-13(11(14)9-17-19)12(15)10-4-3-5-16-8-10/h3-5,8-9,12H,6-7,15H2,1-2H3. The molecule has 0 aliphatic heterocycles. The zero-order chi connectivity index (χ0) is 13.8. The quantitative estimate of drug-likeness (QED) is 0.908. The number of nitrogens with zero attached hydrogens (tertiary/aromatic N) is 4. The van der Waals surface area contributed by atoms with Crippen LogP contribution in [-0.4, -0.2) is 40.3 Å². The molecule has 2 aromatic heterocycles. The van der Waals surface area contributed by atoms with Crippen LogP contribution in [0.4, 0.5) is 0 Å². The summed E-state index contributed by atoms with van der Waals surface area (Å²) in [6.45, 7) is 1.72. The average Bonchev–Trinajstić information content (AvgIpc) is 2.78. The monoisotopic (exact) mass is 323 g/mol.